The molecule has 6 nitrogen and oxygen atoms in total. The summed E-state index contributed by atoms with van der Waals surface area (Å²) in [6, 6.07) is 0. The van der Waals surface area contributed by atoms with Gasteiger partial charge in [-0.3, -0.25) is 0 Å². The first-order valence-electron chi connectivity index (χ1n) is 1.07. The molecule has 0 rings (SSSR count). The molecule has 0 saturated heterocycles. The van der Waals surface area contributed by atoms with Crippen LogP contribution >= 0.6 is 0 Å². The molecule has 0 spiro atoms. The second kappa shape index (κ2) is 24.5. The smallest absolute Gasteiger partial charge is 0.412 e. The van der Waals surface area contributed by atoms with E-state index >= 15 is 0 Å². The van der Waals surface area contributed by atoms with Crippen LogP contribution in [0, 0.1) is 0 Å². The molecule has 0 aromatic rings. The molecule has 8 N–H and O–H groups in total. The maximum atomic E-state index is 9.59. The van der Waals surface area contributed by atoms with Gasteiger partial charge in [0, 0.05) is 0 Å². The molecule has 0 atom stereocenters. The van der Waals surface area contributed by atoms with E-state index in [0.717, 1.165) is 0 Å². The third kappa shape index (κ3) is 72.1. The molecule has 7 heteroatoms. The van der Waals surface area contributed by atoms with Gasteiger partial charge in [-0.05, 0) is 0 Å². The van der Waals surface area contributed by atoms with Gasteiger partial charge in [0.2, 0.25) is 0 Å². The van der Waals surface area contributed by atoms with E-state index in [4.69, 9.17) is 0 Å². The van der Waals surface area contributed by atoms with Gasteiger partial charge in [0.25, 0.3) is 0 Å². The van der Waals surface area contributed by atoms with Gasteiger partial charge in [0.15, 0.2) is 0 Å². The summed E-state index contributed by atoms with van der Waals surface area (Å²) in [5.74, 6) is -0.241. The van der Waals surface area contributed by atoms with Crippen LogP contribution in [0.25, 0.3) is 0 Å². The summed E-state index contributed by atoms with van der Waals surface area (Å²) in [7, 11) is 0. The second-order valence-corrected chi connectivity index (χ2v) is 0.985. The summed E-state index contributed by atoms with van der Waals surface area (Å²) in [4.78, 5) is 9.59. The fraction of sp³-hybridized carbons (Fsp3) is 0.500. The Morgan fingerprint density at radius 1 is 1.22 bits per heavy atom. The standard InChI is InChI=1S/C2H4O2.Mo.4H2O/c1-2(3)4;;;;;/h1H3,(H,3,4);;4*1H2/q;+1;;;;/p-1. The first-order valence-corrected chi connectivity index (χ1v) is 1.89. The molecule has 0 radical (unpaired) electrons. The molecule has 9 heavy (non-hydrogen) atoms. The molecule has 0 aliphatic carbocycles. The Hall–Kier alpha value is -0.00169. The molecular formula is C2H11MoO6. The minimum Gasteiger partial charge on any atom is -0.412 e. The van der Waals surface area contributed by atoms with Crippen molar-refractivity contribution in [1.82, 2.24) is 0 Å². The van der Waals surface area contributed by atoms with Crippen molar-refractivity contribution in [1.29, 1.82) is 0 Å². The summed E-state index contributed by atoms with van der Waals surface area (Å²) in [6.07, 6.45) is 0. The van der Waals surface area contributed by atoms with Crippen LogP contribution in [0.3, 0.4) is 0 Å². The maximum Gasteiger partial charge on any atom is -0.412 e. The number of carbonyl (C=O) groups excluding carboxylic acids is 1. The van der Waals surface area contributed by atoms with Gasteiger partial charge in [-0.15, -0.1) is 0 Å². The van der Waals surface area contributed by atoms with Crippen LogP contribution in [0.1, 0.15) is 6.92 Å². The monoisotopic (exact) mass is 229 g/mol. The van der Waals surface area contributed by atoms with Crippen LogP contribution in [0.5, 0.6) is 0 Å². The zero-order chi connectivity index (χ0) is 4.28. The molecule has 0 aliphatic heterocycles. The maximum absolute atomic E-state index is 9.59. The van der Waals surface area contributed by atoms with E-state index in [1.54, 1.807) is 0 Å². The van der Waals surface area contributed by atoms with Gasteiger partial charge in [-0.2, -0.15) is 0 Å². The van der Waals surface area contributed by atoms with Crippen molar-refractivity contribution in [3.8, 4) is 0 Å². The van der Waals surface area contributed by atoms with Gasteiger partial charge < -0.3 is 21.9 Å². The number of carbonyl (C=O) groups is 1. The average molecular weight is 227 g/mol. The summed E-state index contributed by atoms with van der Waals surface area (Å²) in [5, 5.41) is 0. The number of hydrogen-bond donors (Lipinski definition) is 0. The van der Waals surface area contributed by atoms with Gasteiger partial charge in [0.05, 0.1) is 0 Å². The Morgan fingerprint density at radius 3 is 1.33 bits per heavy atom. The normalized spacial score (nSPS) is 3.67. The van der Waals surface area contributed by atoms with E-state index in [9.17, 15) is 4.79 Å². The topological polar surface area (TPSA) is 152 Å². The van der Waals surface area contributed by atoms with Crippen LogP contribution in [-0.4, -0.2) is 27.9 Å². The zero-order valence-corrected chi connectivity index (χ0v) is 6.73. The van der Waals surface area contributed by atoms with E-state index < -0.39 is 0 Å². The average Bonchev–Trinajstić information content (AvgIpc) is 1.38. The van der Waals surface area contributed by atoms with Gasteiger partial charge in [0.1, 0.15) is 0 Å². The fourth-order valence-electron chi connectivity index (χ4n) is 0. The Bertz CT molecular complexity index is 46.3. The first kappa shape index (κ1) is 36.0. The third-order valence-corrected chi connectivity index (χ3v) is 0.694. The predicted molar refractivity (Wildman–Crippen MR) is 26.2 cm³/mol. The summed E-state index contributed by atoms with van der Waals surface area (Å²) in [5.41, 5.74) is 0. The molecule has 0 unspecified atom stereocenters. The molecule has 0 amide bonds. The number of hydrogen-bond acceptors (Lipinski definition) is 2. The summed E-state index contributed by atoms with van der Waals surface area (Å²) < 4.78 is 4.12. The molecule has 0 fully saturated rings. The largest absolute Gasteiger partial charge is 0.412 e. The quantitative estimate of drug-likeness (QED) is 0.398. The molecule has 0 aromatic carbocycles. The SMILES string of the molecule is CC(=O)[O][Mo].O.O.O.O. The van der Waals surface area contributed by atoms with Gasteiger partial charge in [-0.1, -0.05) is 0 Å². The summed E-state index contributed by atoms with van der Waals surface area (Å²) in [6.45, 7) is 1.36. The predicted octanol–water partition coefficient (Wildman–Crippen LogP) is -3.29. The van der Waals surface area contributed by atoms with Crippen LogP contribution in [-0.2, 0) is 28.4 Å². The van der Waals surface area contributed by atoms with E-state index in [-0.39, 0.29) is 27.9 Å². The van der Waals surface area contributed by atoms with Crippen molar-refractivity contribution < 1.29 is 50.3 Å². The van der Waals surface area contributed by atoms with Crippen molar-refractivity contribution in [2.24, 2.45) is 0 Å². The van der Waals surface area contributed by atoms with Gasteiger partial charge in [-0.25, -0.2) is 0 Å². The van der Waals surface area contributed by atoms with Crippen molar-refractivity contribution in [2.45, 2.75) is 6.92 Å². The molecule has 0 heterocycles. The third-order valence-electron chi connectivity index (χ3n) is 0.117. The van der Waals surface area contributed by atoms with Crippen molar-refractivity contribution in [2.75, 3.05) is 0 Å². The molecule has 0 aromatic heterocycles. The molecule has 0 aliphatic rings. The Balaban J connectivity index is -0.0000000133. The van der Waals surface area contributed by atoms with Crippen molar-refractivity contribution in [3.63, 3.8) is 0 Å². The zero-order valence-electron chi connectivity index (χ0n) is 4.72. The molecular weight excluding hydrogens is 216 g/mol. The van der Waals surface area contributed by atoms with E-state index in [1.165, 1.54) is 27.1 Å². The Kier molecular flexibility index (Phi) is 98.0. The van der Waals surface area contributed by atoms with E-state index in [1.807, 2.05) is 0 Å². The van der Waals surface area contributed by atoms with Crippen LogP contribution < -0.4 is 0 Å². The Morgan fingerprint density at radius 2 is 1.33 bits per heavy atom. The van der Waals surface area contributed by atoms with Crippen molar-refractivity contribution in [3.05, 3.63) is 0 Å². The van der Waals surface area contributed by atoms with Gasteiger partial charge >= 0.3 is 41.3 Å². The Labute approximate surface area is 63.8 Å². The fourth-order valence-corrected chi connectivity index (χ4v) is 0. The first-order chi connectivity index (χ1) is 2.27. The van der Waals surface area contributed by atoms with E-state index in [0.29, 0.717) is 0 Å². The number of rotatable bonds is 0. The van der Waals surface area contributed by atoms with E-state index in [2.05, 4.69) is 3.39 Å². The van der Waals surface area contributed by atoms with Crippen LogP contribution in [0.4, 0.5) is 0 Å². The minimum absolute atomic E-state index is 0. The molecule has 0 bridgehead atoms. The van der Waals surface area contributed by atoms with Crippen LogP contribution in [0.15, 0.2) is 0 Å². The van der Waals surface area contributed by atoms with Crippen LogP contribution in [0.2, 0.25) is 0 Å². The summed E-state index contributed by atoms with van der Waals surface area (Å²) >= 11 is 1.29. The minimum atomic E-state index is -0.241. The van der Waals surface area contributed by atoms with Crippen molar-refractivity contribution >= 4 is 5.97 Å². The second-order valence-electron chi connectivity index (χ2n) is 0.575. The molecule has 61 valence electrons. The molecule has 0 saturated carbocycles.